The second kappa shape index (κ2) is 7.88. The van der Waals surface area contributed by atoms with E-state index >= 15 is 0 Å². The summed E-state index contributed by atoms with van der Waals surface area (Å²) in [5.41, 5.74) is 3.46. The Labute approximate surface area is 142 Å². The van der Waals surface area contributed by atoms with E-state index in [-0.39, 0.29) is 5.91 Å². The Hall–Kier alpha value is -2.47. The molecule has 2 heterocycles. The van der Waals surface area contributed by atoms with Crippen LogP contribution in [0.4, 0.5) is 5.69 Å². The molecule has 0 radical (unpaired) electrons. The fourth-order valence-corrected chi connectivity index (χ4v) is 2.91. The van der Waals surface area contributed by atoms with Gasteiger partial charge in [-0.05, 0) is 11.6 Å². The fraction of sp³-hybridized carbons (Fsp3) is 0.389. The van der Waals surface area contributed by atoms with Crippen LogP contribution in [-0.2, 0) is 17.9 Å². The molecule has 6 nitrogen and oxygen atoms in total. The van der Waals surface area contributed by atoms with E-state index in [1.165, 1.54) is 11.9 Å². The van der Waals surface area contributed by atoms with Crippen LogP contribution in [0.25, 0.3) is 0 Å². The Bertz CT molecular complexity index is 668. The Morgan fingerprint density at radius 2 is 1.83 bits per heavy atom. The lowest BCUT2D eigenvalue weighted by Crippen LogP contribution is -2.47. The van der Waals surface area contributed by atoms with Crippen LogP contribution in [-0.4, -0.2) is 51.9 Å². The molecule has 0 bridgehead atoms. The highest BCUT2D eigenvalue weighted by Gasteiger charge is 2.19. The summed E-state index contributed by atoms with van der Waals surface area (Å²) in [6.45, 7) is 6.69. The molecule has 2 aromatic rings. The van der Waals surface area contributed by atoms with Gasteiger partial charge in [0.25, 0.3) is 0 Å². The maximum atomic E-state index is 11.4. The van der Waals surface area contributed by atoms with Crippen LogP contribution in [0.2, 0.25) is 0 Å². The molecule has 1 saturated heterocycles. The summed E-state index contributed by atoms with van der Waals surface area (Å²) in [6, 6.07) is 8.37. The van der Waals surface area contributed by atoms with Crippen molar-refractivity contribution in [1.82, 2.24) is 19.8 Å². The summed E-state index contributed by atoms with van der Waals surface area (Å²) in [6.07, 6.45) is 5.19. The van der Waals surface area contributed by atoms with Crippen molar-refractivity contribution in [3.05, 3.63) is 54.1 Å². The molecule has 1 N–H and O–H groups in total. The Morgan fingerprint density at radius 1 is 1.12 bits per heavy atom. The number of rotatable bonds is 5. The van der Waals surface area contributed by atoms with Crippen molar-refractivity contribution in [1.29, 1.82) is 0 Å². The monoisotopic (exact) mass is 325 g/mol. The molecule has 0 saturated carbocycles. The molecule has 0 unspecified atom stereocenters. The maximum Gasteiger partial charge on any atom is 0.219 e. The lowest BCUT2D eigenvalue weighted by atomic mass is 10.1. The summed E-state index contributed by atoms with van der Waals surface area (Å²) in [5, 5.41) is 3.47. The first-order valence-electron chi connectivity index (χ1n) is 8.26. The minimum atomic E-state index is 0.168. The summed E-state index contributed by atoms with van der Waals surface area (Å²) < 4.78 is 0. The highest BCUT2D eigenvalue weighted by atomic mass is 16.2. The standard InChI is InChI=1S/C18H23N5O/c1-15(24)23-8-6-22(7-9-23)13-17-4-2-3-5-18(17)21-12-16-10-19-14-20-11-16/h2-5,10-11,14,21H,6-9,12-13H2,1H3. The number of piperazine rings is 1. The van der Waals surface area contributed by atoms with Crippen molar-refractivity contribution in [2.75, 3.05) is 31.5 Å². The molecule has 1 aliphatic rings. The molecule has 0 atom stereocenters. The van der Waals surface area contributed by atoms with Gasteiger partial charge in [0.1, 0.15) is 6.33 Å². The third-order valence-corrected chi connectivity index (χ3v) is 4.33. The zero-order valence-electron chi connectivity index (χ0n) is 14.0. The smallest absolute Gasteiger partial charge is 0.219 e. The first-order chi connectivity index (χ1) is 11.7. The van der Waals surface area contributed by atoms with Gasteiger partial charge in [-0.15, -0.1) is 0 Å². The number of carbonyl (C=O) groups excluding carboxylic acids is 1. The van der Waals surface area contributed by atoms with Crippen molar-refractivity contribution in [2.24, 2.45) is 0 Å². The van der Waals surface area contributed by atoms with Gasteiger partial charge in [-0.3, -0.25) is 9.69 Å². The predicted octanol–water partition coefficient (Wildman–Crippen LogP) is 1.75. The lowest BCUT2D eigenvalue weighted by Gasteiger charge is -2.34. The average Bonchev–Trinajstić information content (AvgIpc) is 2.62. The molecule has 6 heteroatoms. The van der Waals surface area contributed by atoms with Gasteiger partial charge in [0.05, 0.1) is 0 Å². The molecule has 1 aliphatic heterocycles. The normalized spacial score (nSPS) is 15.3. The number of anilines is 1. The van der Waals surface area contributed by atoms with E-state index in [1.54, 1.807) is 6.92 Å². The molecule has 3 rings (SSSR count). The van der Waals surface area contributed by atoms with Crippen molar-refractivity contribution in [3.8, 4) is 0 Å². The summed E-state index contributed by atoms with van der Waals surface area (Å²) in [5.74, 6) is 0.168. The van der Waals surface area contributed by atoms with E-state index in [9.17, 15) is 4.79 Å². The highest BCUT2D eigenvalue weighted by molar-refractivity contribution is 5.73. The quantitative estimate of drug-likeness (QED) is 0.907. The highest BCUT2D eigenvalue weighted by Crippen LogP contribution is 2.19. The van der Waals surface area contributed by atoms with Crippen molar-refractivity contribution in [2.45, 2.75) is 20.0 Å². The Kier molecular flexibility index (Phi) is 5.38. The summed E-state index contributed by atoms with van der Waals surface area (Å²) >= 11 is 0. The molecule has 1 fully saturated rings. The number of benzene rings is 1. The number of hydrogen-bond donors (Lipinski definition) is 1. The fourth-order valence-electron chi connectivity index (χ4n) is 2.91. The van der Waals surface area contributed by atoms with Gasteiger partial charge < -0.3 is 10.2 Å². The van der Waals surface area contributed by atoms with Gasteiger partial charge in [-0.1, -0.05) is 18.2 Å². The third-order valence-electron chi connectivity index (χ3n) is 4.33. The Morgan fingerprint density at radius 3 is 2.54 bits per heavy atom. The molecule has 24 heavy (non-hydrogen) atoms. The average molecular weight is 325 g/mol. The van der Waals surface area contributed by atoms with E-state index < -0.39 is 0 Å². The van der Waals surface area contributed by atoms with Gasteiger partial charge in [0.2, 0.25) is 5.91 Å². The van der Waals surface area contributed by atoms with Crippen LogP contribution < -0.4 is 5.32 Å². The minimum absolute atomic E-state index is 0.168. The number of hydrogen-bond acceptors (Lipinski definition) is 5. The van der Waals surface area contributed by atoms with Gasteiger partial charge >= 0.3 is 0 Å². The van der Waals surface area contributed by atoms with E-state index in [0.29, 0.717) is 6.54 Å². The van der Waals surface area contributed by atoms with Gasteiger partial charge in [-0.2, -0.15) is 0 Å². The molecule has 126 valence electrons. The van der Waals surface area contributed by atoms with Gasteiger partial charge in [0, 0.05) is 69.8 Å². The molecule has 1 aromatic carbocycles. The molecule has 1 aromatic heterocycles. The number of aromatic nitrogens is 2. The van der Waals surface area contributed by atoms with Gasteiger partial charge in [0.15, 0.2) is 0 Å². The minimum Gasteiger partial charge on any atom is -0.381 e. The molecular formula is C18H23N5O. The SMILES string of the molecule is CC(=O)N1CCN(Cc2ccccc2NCc2cncnc2)CC1. The van der Waals surface area contributed by atoms with Crippen molar-refractivity contribution in [3.63, 3.8) is 0 Å². The van der Waals surface area contributed by atoms with Crippen LogP contribution in [0.1, 0.15) is 18.1 Å². The largest absolute Gasteiger partial charge is 0.381 e. The van der Waals surface area contributed by atoms with Crippen LogP contribution >= 0.6 is 0 Å². The van der Waals surface area contributed by atoms with E-state index in [4.69, 9.17) is 0 Å². The summed E-state index contributed by atoms with van der Waals surface area (Å²) in [4.78, 5) is 23.8. The van der Waals surface area contributed by atoms with Gasteiger partial charge in [-0.25, -0.2) is 9.97 Å². The maximum absolute atomic E-state index is 11.4. The van der Waals surface area contributed by atoms with E-state index in [1.807, 2.05) is 23.4 Å². The van der Waals surface area contributed by atoms with E-state index in [0.717, 1.165) is 44.0 Å². The molecule has 1 amide bonds. The zero-order chi connectivity index (χ0) is 16.8. The van der Waals surface area contributed by atoms with E-state index in [2.05, 4.69) is 38.4 Å². The third kappa shape index (κ3) is 4.29. The van der Waals surface area contributed by atoms with Crippen LogP contribution in [0, 0.1) is 0 Å². The number of carbonyl (C=O) groups is 1. The number of para-hydroxylation sites is 1. The Balaban J connectivity index is 1.59. The zero-order valence-corrected chi connectivity index (χ0v) is 14.0. The topological polar surface area (TPSA) is 61.4 Å². The first-order valence-corrected chi connectivity index (χ1v) is 8.26. The van der Waals surface area contributed by atoms with Crippen LogP contribution in [0.3, 0.4) is 0 Å². The second-order valence-electron chi connectivity index (χ2n) is 6.04. The molecule has 0 aliphatic carbocycles. The number of nitrogens with one attached hydrogen (secondary N) is 1. The number of amides is 1. The predicted molar refractivity (Wildman–Crippen MR) is 93.3 cm³/mol. The molecule has 0 spiro atoms. The number of nitrogens with zero attached hydrogens (tertiary/aromatic N) is 4. The lowest BCUT2D eigenvalue weighted by molar-refractivity contribution is -0.130. The first kappa shape index (κ1) is 16.4. The van der Waals surface area contributed by atoms with Crippen molar-refractivity contribution < 1.29 is 4.79 Å². The van der Waals surface area contributed by atoms with Crippen LogP contribution in [0.15, 0.2) is 43.0 Å². The molecular weight excluding hydrogens is 302 g/mol. The summed E-state index contributed by atoms with van der Waals surface area (Å²) in [7, 11) is 0. The second-order valence-corrected chi connectivity index (χ2v) is 6.04. The van der Waals surface area contributed by atoms with Crippen LogP contribution in [0.5, 0.6) is 0 Å². The van der Waals surface area contributed by atoms with Crippen molar-refractivity contribution >= 4 is 11.6 Å².